The molecule has 1 unspecified atom stereocenters. The Morgan fingerprint density at radius 3 is 2.95 bits per heavy atom. The van der Waals surface area contributed by atoms with Crippen LogP contribution in [0.15, 0.2) is 30.5 Å². The highest BCUT2D eigenvalue weighted by Crippen LogP contribution is 2.24. The van der Waals surface area contributed by atoms with Gasteiger partial charge < -0.3 is 16.2 Å². The largest absolute Gasteiger partial charge is 0.399 e. The average molecular weight is 277 g/mol. The Morgan fingerprint density at radius 1 is 1.42 bits per heavy atom. The van der Waals surface area contributed by atoms with Crippen molar-refractivity contribution in [3.05, 3.63) is 30.5 Å². The molecule has 0 fully saturated rings. The van der Waals surface area contributed by atoms with Crippen LogP contribution in [-0.2, 0) is 0 Å². The summed E-state index contributed by atoms with van der Waals surface area (Å²) in [5.74, 6) is 0.690. The molecule has 0 aliphatic rings. The van der Waals surface area contributed by atoms with Gasteiger partial charge in [0.05, 0.1) is 11.1 Å². The highest BCUT2D eigenvalue weighted by atomic mass is 32.2. The number of thioether (sulfide) groups is 1. The zero-order valence-electron chi connectivity index (χ0n) is 11.2. The van der Waals surface area contributed by atoms with Gasteiger partial charge in [-0.25, -0.2) is 0 Å². The molecule has 5 heteroatoms. The predicted molar refractivity (Wildman–Crippen MR) is 83.7 cm³/mol. The van der Waals surface area contributed by atoms with Gasteiger partial charge in [0.15, 0.2) is 0 Å². The number of nitrogens with one attached hydrogen (secondary N) is 1. The minimum atomic E-state index is -0.733. The van der Waals surface area contributed by atoms with Gasteiger partial charge >= 0.3 is 0 Å². The van der Waals surface area contributed by atoms with E-state index in [0.29, 0.717) is 18.0 Å². The van der Waals surface area contributed by atoms with Crippen LogP contribution in [0.2, 0.25) is 0 Å². The Bertz CT molecular complexity index is 572. The van der Waals surface area contributed by atoms with Gasteiger partial charge in [-0.1, -0.05) is 0 Å². The first-order chi connectivity index (χ1) is 9.02. The van der Waals surface area contributed by atoms with Gasteiger partial charge in [-0.3, -0.25) is 4.98 Å². The van der Waals surface area contributed by atoms with Crippen LogP contribution in [0.25, 0.3) is 10.9 Å². The number of nitrogen functional groups attached to an aromatic ring is 1. The van der Waals surface area contributed by atoms with E-state index in [1.807, 2.05) is 37.4 Å². The number of fused-ring (bicyclic) bond motifs is 1. The molecule has 1 aromatic heterocycles. The summed E-state index contributed by atoms with van der Waals surface area (Å²) >= 11 is 1.63. The SMILES string of the molecule is CSCC(C)(O)CNc1ccnc2cc(N)ccc12. The number of pyridine rings is 1. The summed E-state index contributed by atoms with van der Waals surface area (Å²) in [6.45, 7) is 2.33. The summed E-state index contributed by atoms with van der Waals surface area (Å²) in [4.78, 5) is 4.30. The molecule has 0 spiro atoms. The van der Waals surface area contributed by atoms with E-state index in [2.05, 4.69) is 10.3 Å². The fourth-order valence-corrected chi connectivity index (χ4v) is 2.69. The van der Waals surface area contributed by atoms with Gasteiger partial charge in [-0.15, -0.1) is 0 Å². The van der Waals surface area contributed by atoms with Crippen molar-refractivity contribution in [1.29, 1.82) is 0 Å². The molecule has 4 nitrogen and oxygen atoms in total. The lowest BCUT2D eigenvalue weighted by molar-refractivity contribution is 0.0997. The summed E-state index contributed by atoms with van der Waals surface area (Å²) < 4.78 is 0. The normalized spacial score (nSPS) is 14.3. The van der Waals surface area contributed by atoms with Gasteiger partial charge in [0.2, 0.25) is 0 Å². The molecule has 0 radical (unpaired) electrons. The minimum Gasteiger partial charge on any atom is -0.399 e. The standard InChI is InChI=1S/C14H19N3OS/c1-14(18,9-19-2)8-17-12-5-6-16-13-7-10(15)3-4-11(12)13/h3-7,18H,8-9,15H2,1-2H3,(H,16,17). The highest BCUT2D eigenvalue weighted by Gasteiger charge is 2.19. The van der Waals surface area contributed by atoms with E-state index < -0.39 is 5.60 Å². The van der Waals surface area contributed by atoms with Crippen molar-refractivity contribution in [3.8, 4) is 0 Å². The molecule has 1 atom stereocenters. The van der Waals surface area contributed by atoms with E-state index in [9.17, 15) is 5.11 Å². The van der Waals surface area contributed by atoms with Crippen LogP contribution in [0.4, 0.5) is 11.4 Å². The summed E-state index contributed by atoms with van der Waals surface area (Å²) in [5, 5.41) is 14.5. The monoisotopic (exact) mass is 277 g/mol. The van der Waals surface area contributed by atoms with Crippen molar-refractivity contribution in [1.82, 2.24) is 4.98 Å². The van der Waals surface area contributed by atoms with Gasteiger partial charge in [0.25, 0.3) is 0 Å². The zero-order valence-corrected chi connectivity index (χ0v) is 12.0. The molecule has 0 aliphatic heterocycles. The summed E-state index contributed by atoms with van der Waals surface area (Å²) in [7, 11) is 0. The molecule has 2 rings (SSSR count). The highest BCUT2D eigenvalue weighted by molar-refractivity contribution is 7.98. The molecule has 1 aromatic carbocycles. The number of anilines is 2. The van der Waals surface area contributed by atoms with Crippen molar-refractivity contribution < 1.29 is 5.11 Å². The molecule has 0 saturated carbocycles. The molecule has 19 heavy (non-hydrogen) atoms. The summed E-state index contributed by atoms with van der Waals surface area (Å²) in [5.41, 5.74) is 7.54. The van der Waals surface area contributed by atoms with Gasteiger partial charge in [0.1, 0.15) is 0 Å². The first-order valence-electron chi connectivity index (χ1n) is 6.11. The lowest BCUT2D eigenvalue weighted by Crippen LogP contribution is -2.36. The number of aromatic nitrogens is 1. The van der Waals surface area contributed by atoms with Crippen molar-refractivity contribution in [3.63, 3.8) is 0 Å². The second-order valence-electron chi connectivity index (χ2n) is 4.92. The molecular formula is C14H19N3OS. The van der Waals surface area contributed by atoms with E-state index in [-0.39, 0.29) is 0 Å². The fraction of sp³-hybridized carbons (Fsp3) is 0.357. The zero-order chi connectivity index (χ0) is 13.9. The number of benzene rings is 1. The van der Waals surface area contributed by atoms with E-state index in [0.717, 1.165) is 16.6 Å². The van der Waals surface area contributed by atoms with E-state index in [1.165, 1.54) is 0 Å². The Morgan fingerprint density at radius 2 is 2.21 bits per heavy atom. The molecule has 102 valence electrons. The Balaban J connectivity index is 2.21. The maximum Gasteiger partial charge on any atom is 0.0880 e. The quantitative estimate of drug-likeness (QED) is 0.732. The number of hydrogen-bond acceptors (Lipinski definition) is 5. The molecule has 0 saturated heterocycles. The lowest BCUT2D eigenvalue weighted by atomic mass is 10.1. The molecule has 2 aromatic rings. The molecule has 0 aliphatic carbocycles. The third-order valence-electron chi connectivity index (χ3n) is 2.88. The van der Waals surface area contributed by atoms with Crippen LogP contribution in [0, 0.1) is 0 Å². The summed E-state index contributed by atoms with van der Waals surface area (Å²) in [6.07, 6.45) is 3.73. The first kappa shape index (κ1) is 14.0. The Labute approximate surface area is 117 Å². The van der Waals surface area contributed by atoms with Crippen LogP contribution < -0.4 is 11.1 Å². The van der Waals surface area contributed by atoms with E-state index in [1.54, 1.807) is 18.0 Å². The van der Waals surface area contributed by atoms with Gasteiger partial charge in [-0.2, -0.15) is 11.8 Å². The lowest BCUT2D eigenvalue weighted by Gasteiger charge is -2.23. The third-order valence-corrected chi connectivity index (χ3v) is 3.79. The molecule has 0 bridgehead atoms. The number of nitrogens with two attached hydrogens (primary N) is 1. The smallest absolute Gasteiger partial charge is 0.0880 e. The van der Waals surface area contributed by atoms with Crippen LogP contribution in [0.3, 0.4) is 0 Å². The van der Waals surface area contributed by atoms with Crippen LogP contribution in [-0.4, -0.2) is 34.2 Å². The second kappa shape index (κ2) is 5.67. The number of nitrogens with zero attached hydrogens (tertiary/aromatic N) is 1. The van der Waals surface area contributed by atoms with Crippen molar-refractivity contribution in [2.45, 2.75) is 12.5 Å². The van der Waals surface area contributed by atoms with E-state index >= 15 is 0 Å². The Kier molecular flexibility index (Phi) is 4.17. The van der Waals surface area contributed by atoms with Gasteiger partial charge in [-0.05, 0) is 37.4 Å². The number of hydrogen-bond donors (Lipinski definition) is 3. The van der Waals surface area contributed by atoms with Crippen molar-refractivity contribution in [2.24, 2.45) is 0 Å². The number of aliphatic hydroxyl groups is 1. The van der Waals surface area contributed by atoms with Crippen molar-refractivity contribution >= 4 is 34.0 Å². The third kappa shape index (κ3) is 3.52. The summed E-state index contributed by atoms with van der Waals surface area (Å²) in [6, 6.07) is 7.56. The Hall–Kier alpha value is -1.46. The average Bonchev–Trinajstić information content (AvgIpc) is 2.36. The van der Waals surface area contributed by atoms with Gasteiger partial charge in [0, 0.05) is 35.3 Å². The topological polar surface area (TPSA) is 71.2 Å². The van der Waals surface area contributed by atoms with E-state index in [4.69, 9.17) is 5.73 Å². The molecule has 1 heterocycles. The second-order valence-corrected chi connectivity index (χ2v) is 5.78. The van der Waals surface area contributed by atoms with Crippen molar-refractivity contribution in [2.75, 3.05) is 29.6 Å². The number of rotatable bonds is 5. The molecular weight excluding hydrogens is 258 g/mol. The first-order valence-corrected chi connectivity index (χ1v) is 7.51. The molecule has 4 N–H and O–H groups in total. The molecule has 0 amide bonds. The van der Waals surface area contributed by atoms with Crippen LogP contribution >= 0.6 is 11.8 Å². The maximum absolute atomic E-state index is 10.2. The fourth-order valence-electron chi connectivity index (χ4n) is 1.97. The van der Waals surface area contributed by atoms with Crippen LogP contribution in [0.1, 0.15) is 6.92 Å². The maximum atomic E-state index is 10.2. The minimum absolute atomic E-state index is 0.497. The predicted octanol–water partition coefficient (Wildman–Crippen LogP) is 2.34. The van der Waals surface area contributed by atoms with Crippen LogP contribution in [0.5, 0.6) is 0 Å².